The van der Waals surface area contributed by atoms with Crippen LogP contribution >= 0.6 is 22.7 Å². The predicted molar refractivity (Wildman–Crippen MR) is 96.2 cm³/mol. The lowest BCUT2D eigenvalue weighted by Crippen LogP contribution is -2.24. The first-order valence-corrected chi connectivity index (χ1v) is 9.31. The maximum Gasteiger partial charge on any atom is 0.226 e. The minimum atomic E-state index is 0.0153. The van der Waals surface area contributed by atoms with Gasteiger partial charge < -0.3 is 5.32 Å². The molecule has 1 aliphatic heterocycles. The molecule has 4 heterocycles. The third kappa shape index (κ3) is 2.09. The lowest BCUT2D eigenvalue weighted by Gasteiger charge is -2.22. The molecule has 4 aromatic rings. The number of carbonyl (C=O) groups excluding carboxylic acids is 1. The van der Waals surface area contributed by atoms with E-state index in [1.54, 1.807) is 27.4 Å². The molecule has 0 radical (unpaired) electrons. The Labute approximate surface area is 145 Å². The summed E-state index contributed by atoms with van der Waals surface area (Å²) in [7, 11) is 0. The molecular weight excluding hydrogens is 340 g/mol. The van der Waals surface area contributed by atoms with Crippen molar-refractivity contribution < 1.29 is 4.79 Å². The van der Waals surface area contributed by atoms with E-state index in [4.69, 9.17) is 0 Å². The monoisotopic (exact) mass is 352 g/mol. The Balaban J connectivity index is 1.66. The second-order valence-corrected chi connectivity index (χ2v) is 7.48. The maximum atomic E-state index is 12.2. The summed E-state index contributed by atoms with van der Waals surface area (Å²) in [6, 6.07) is 10.1. The highest BCUT2D eigenvalue weighted by Gasteiger charge is 2.31. The molecule has 1 unspecified atom stereocenters. The second kappa shape index (κ2) is 5.25. The zero-order chi connectivity index (χ0) is 16.1. The van der Waals surface area contributed by atoms with Crippen molar-refractivity contribution in [1.82, 2.24) is 14.8 Å². The van der Waals surface area contributed by atoms with E-state index in [0.717, 1.165) is 26.7 Å². The number of fused-ring (bicyclic) bond motifs is 2. The lowest BCUT2D eigenvalue weighted by molar-refractivity contribution is -0.116. The van der Waals surface area contributed by atoms with Crippen molar-refractivity contribution in [2.45, 2.75) is 12.3 Å². The van der Waals surface area contributed by atoms with Gasteiger partial charge in [0.25, 0.3) is 0 Å². The van der Waals surface area contributed by atoms with Crippen molar-refractivity contribution in [1.29, 1.82) is 0 Å². The van der Waals surface area contributed by atoms with E-state index in [1.807, 2.05) is 35.8 Å². The van der Waals surface area contributed by atoms with Crippen molar-refractivity contribution in [2.24, 2.45) is 0 Å². The highest BCUT2D eigenvalue weighted by Crippen LogP contribution is 2.39. The van der Waals surface area contributed by atoms with Gasteiger partial charge in [0.15, 0.2) is 0 Å². The number of hydrogen-bond acceptors (Lipinski definition) is 5. The Morgan fingerprint density at radius 1 is 1.25 bits per heavy atom. The molecule has 5 rings (SSSR count). The SMILES string of the molecule is O=C1CC(c2ccsc2)c2cnn(-c3nc4ccccc4s3)c2N1. The van der Waals surface area contributed by atoms with Gasteiger partial charge in [0, 0.05) is 17.9 Å². The quantitative estimate of drug-likeness (QED) is 0.593. The van der Waals surface area contributed by atoms with Crippen molar-refractivity contribution in [3.8, 4) is 5.13 Å². The van der Waals surface area contributed by atoms with Crippen LogP contribution in [-0.2, 0) is 4.79 Å². The highest BCUT2D eigenvalue weighted by atomic mass is 32.1. The fraction of sp³-hybridized carbons (Fsp3) is 0.118. The van der Waals surface area contributed by atoms with E-state index < -0.39 is 0 Å². The molecule has 0 spiro atoms. The number of hydrogen-bond donors (Lipinski definition) is 1. The van der Waals surface area contributed by atoms with Crippen molar-refractivity contribution >= 4 is 44.6 Å². The number of benzene rings is 1. The molecule has 0 aliphatic carbocycles. The Bertz CT molecular complexity index is 1010. The number of para-hydroxylation sites is 1. The molecule has 0 bridgehead atoms. The number of anilines is 1. The molecular formula is C17H12N4OS2. The first-order valence-electron chi connectivity index (χ1n) is 7.55. The molecule has 0 saturated carbocycles. The van der Waals surface area contributed by atoms with E-state index >= 15 is 0 Å². The minimum absolute atomic E-state index is 0.0153. The normalized spacial score (nSPS) is 17.0. The number of nitrogens with one attached hydrogen (secondary N) is 1. The predicted octanol–water partition coefficient (Wildman–Crippen LogP) is 4.02. The summed E-state index contributed by atoms with van der Waals surface area (Å²) in [6.45, 7) is 0. The van der Waals surface area contributed by atoms with Gasteiger partial charge in [0.1, 0.15) is 5.82 Å². The average molecular weight is 352 g/mol. The average Bonchev–Trinajstić information content (AvgIpc) is 3.32. The Kier molecular flexibility index (Phi) is 3.04. The summed E-state index contributed by atoms with van der Waals surface area (Å²) in [5.41, 5.74) is 3.16. The zero-order valence-corrected chi connectivity index (χ0v) is 14.1. The van der Waals surface area contributed by atoms with E-state index in [9.17, 15) is 4.79 Å². The van der Waals surface area contributed by atoms with Crippen LogP contribution in [0.15, 0.2) is 47.3 Å². The van der Waals surface area contributed by atoms with Gasteiger partial charge in [-0.2, -0.15) is 21.1 Å². The fourth-order valence-corrected chi connectivity index (χ4v) is 4.73. The molecule has 1 N–H and O–H groups in total. The Hall–Kier alpha value is -2.51. The molecule has 5 nitrogen and oxygen atoms in total. The zero-order valence-electron chi connectivity index (χ0n) is 12.5. The standard InChI is InChI=1S/C17H12N4OS2/c22-15-7-11(10-5-6-23-9-10)12-8-18-21(16(12)20-15)17-19-13-3-1-2-4-14(13)24-17/h1-6,8-9,11H,7H2,(H,20,22). The van der Waals surface area contributed by atoms with E-state index in [0.29, 0.717) is 6.42 Å². The van der Waals surface area contributed by atoms with Gasteiger partial charge in [-0.1, -0.05) is 23.5 Å². The molecule has 1 atom stereocenters. The minimum Gasteiger partial charge on any atom is -0.310 e. The second-order valence-electron chi connectivity index (χ2n) is 5.69. The van der Waals surface area contributed by atoms with Crippen molar-refractivity contribution in [3.63, 3.8) is 0 Å². The number of nitrogens with zero attached hydrogens (tertiary/aromatic N) is 3. The molecule has 1 aromatic carbocycles. The summed E-state index contributed by atoms with van der Waals surface area (Å²) in [4.78, 5) is 16.9. The number of thiophene rings is 1. The van der Waals surface area contributed by atoms with E-state index in [2.05, 4.69) is 26.8 Å². The van der Waals surface area contributed by atoms with E-state index in [1.165, 1.54) is 5.56 Å². The number of thiazole rings is 1. The van der Waals surface area contributed by atoms with Gasteiger partial charge in [-0.3, -0.25) is 4.79 Å². The van der Waals surface area contributed by atoms with Crippen LogP contribution in [0, 0.1) is 0 Å². The third-order valence-electron chi connectivity index (χ3n) is 4.23. The van der Waals surface area contributed by atoms with E-state index in [-0.39, 0.29) is 11.8 Å². The smallest absolute Gasteiger partial charge is 0.226 e. The number of amides is 1. The number of aromatic nitrogens is 3. The van der Waals surface area contributed by atoms with Crippen LogP contribution < -0.4 is 5.32 Å². The van der Waals surface area contributed by atoms with Gasteiger partial charge >= 0.3 is 0 Å². The molecule has 7 heteroatoms. The van der Waals surface area contributed by atoms with Gasteiger partial charge in [-0.15, -0.1) is 0 Å². The molecule has 24 heavy (non-hydrogen) atoms. The summed E-state index contributed by atoms with van der Waals surface area (Å²) >= 11 is 3.21. The highest BCUT2D eigenvalue weighted by molar-refractivity contribution is 7.20. The van der Waals surface area contributed by atoms with Crippen LogP contribution in [0.3, 0.4) is 0 Å². The summed E-state index contributed by atoms with van der Waals surface area (Å²) < 4.78 is 2.85. The topological polar surface area (TPSA) is 59.8 Å². The van der Waals surface area contributed by atoms with Gasteiger partial charge in [-0.25, -0.2) is 4.98 Å². The number of carbonyl (C=O) groups is 1. The first kappa shape index (κ1) is 13.9. The van der Waals surface area contributed by atoms with Crippen LogP contribution in [0.1, 0.15) is 23.5 Å². The van der Waals surface area contributed by atoms with Crippen LogP contribution in [0.2, 0.25) is 0 Å². The van der Waals surface area contributed by atoms with Crippen molar-refractivity contribution in [3.05, 3.63) is 58.4 Å². The van der Waals surface area contributed by atoms with Crippen LogP contribution in [0.5, 0.6) is 0 Å². The number of rotatable bonds is 2. The maximum absolute atomic E-state index is 12.2. The summed E-state index contributed by atoms with van der Waals surface area (Å²) in [5.74, 6) is 0.811. The fourth-order valence-electron chi connectivity index (χ4n) is 3.09. The van der Waals surface area contributed by atoms with Crippen LogP contribution in [0.4, 0.5) is 5.82 Å². The van der Waals surface area contributed by atoms with Crippen molar-refractivity contribution in [2.75, 3.05) is 5.32 Å². The summed E-state index contributed by atoms with van der Waals surface area (Å²) in [6.07, 6.45) is 2.30. The Morgan fingerprint density at radius 3 is 3.00 bits per heavy atom. The molecule has 0 fully saturated rings. The summed E-state index contributed by atoms with van der Waals surface area (Å²) in [5, 5.41) is 12.4. The van der Waals surface area contributed by atoms with Gasteiger partial charge in [0.05, 0.1) is 16.4 Å². The third-order valence-corrected chi connectivity index (χ3v) is 5.94. The molecule has 118 valence electrons. The van der Waals surface area contributed by atoms with Crippen LogP contribution in [0.25, 0.3) is 15.3 Å². The molecule has 1 amide bonds. The lowest BCUT2D eigenvalue weighted by atomic mass is 9.89. The van der Waals surface area contributed by atoms with Gasteiger partial charge in [-0.05, 0) is 34.5 Å². The first-order chi connectivity index (χ1) is 11.8. The van der Waals surface area contributed by atoms with Gasteiger partial charge in [0.2, 0.25) is 11.0 Å². The Morgan fingerprint density at radius 2 is 2.17 bits per heavy atom. The largest absolute Gasteiger partial charge is 0.310 e. The van der Waals surface area contributed by atoms with Crippen LogP contribution in [-0.4, -0.2) is 20.7 Å². The molecule has 0 saturated heterocycles. The molecule has 3 aromatic heterocycles. The molecule has 1 aliphatic rings.